The number of hydrogen-bond acceptors (Lipinski definition) is 4. The average Bonchev–Trinajstić information content (AvgIpc) is 2.67. The molecule has 1 aromatic carbocycles. The molecule has 0 aliphatic carbocycles. The van der Waals surface area contributed by atoms with Crippen LogP contribution in [0.4, 0.5) is 0 Å². The van der Waals surface area contributed by atoms with Gasteiger partial charge >= 0.3 is 0 Å². The van der Waals surface area contributed by atoms with Crippen molar-refractivity contribution in [3.05, 3.63) is 59.4 Å². The Kier molecular flexibility index (Phi) is 2.52. The Bertz CT molecular complexity index is 630. The number of benzene rings is 1. The highest BCUT2D eigenvalue weighted by atomic mass is 16.3. The van der Waals surface area contributed by atoms with Gasteiger partial charge in [-0.25, -0.2) is 0 Å². The Morgan fingerprint density at radius 1 is 1.00 bits per heavy atom. The van der Waals surface area contributed by atoms with Gasteiger partial charge in [0.25, 0.3) is 11.8 Å². The van der Waals surface area contributed by atoms with E-state index >= 15 is 0 Å². The molecule has 1 N–H and O–H groups in total. The molecule has 1 aliphatic heterocycles. The monoisotopic (exact) mass is 254 g/mol. The quantitative estimate of drug-likeness (QED) is 0.826. The zero-order chi connectivity index (χ0) is 13.4. The first kappa shape index (κ1) is 11.4. The van der Waals surface area contributed by atoms with E-state index in [1.165, 1.54) is 29.4 Å². The molecule has 1 aromatic heterocycles. The van der Waals surface area contributed by atoms with Crippen molar-refractivity contribution in [3.63, 3.8) is 0 Å². The molecule has 2 heterocycles. The SMILES string of the molecule is O=C1c2ccncc2C(=O)N1Cc1ccc(O)cc1. The fraction of sp³-hybridized carbons (Fsp3) is 0.0714. The molecule has 3 rings (SSSR count). The number of phenolic OH excluding ortho intramolecular Hbond substituents is 1. The third kappa shape index (κ3) is 1.85. The fourth-order valence-electron chi connectivity index (χ4n) is 2.06. The van der Waals surface area contributed by atoms with Crippen LogP contribution in [0.2, 0.25) is 0 Å². The van der Waals surface area contributed by atoms with Gasteiger partial charge in [-0.05, 0) is 23.8 Å². The molecule has 0 saturated heterocycles. The van der Waals surface area contributed by atoms with E-state index in [9.17, 15) is 14.7 Å². The predicted molar refractivity (Wildman–Crippen MR) is 66.5 cm³/mol. The molecule has 5 nitrogen and oxygen atoms in total. The van der Waals surface area contributed by atoms with Crippen LogP contribution in [0.1, 0.15) is 26.3 Å². The lowest BCUT2D eigenvalue weighted by Crippen LogP contribution is -2.29. The summed E-state index contributed by atoms with van der Waals surface area (Å²) in [5.41, 5.74) is 1.50. The van der Waals surface area contributed by atoms with Crippen LogP contribution in [0.25, 0.3) is 0 Å². The van der Waals surface area contributed by atoms with Crippen molar-refractivity contribution in [2.24, 2.45) is 0 Å². The first-order chi connectivity index (χ1) is 9.16. The Labute approximate surface area is 109 Å². The summed E-state index contributed by atoms with van der Waals surface area (Å²) >= 11 is 0. The van der Waals surface area contributed by atoms with Crippen LogP contribution >= 0.6 is 0 Å². The molecule has 5 heteroatoms. The van der Waals surface area contributed by atoms with Crippen LogP contribution in [0.15, 0.2) is 42.7 Å². The lowest BCUT2D eigenvalue weighted by atomic mass is 10.2. The summed E-state index contributed by atoms with van der Waals surface area (Å²) in [6.07, 6.45) is 2.90. The molecule has 19 heavy (non-hydrogen) atoms. The minimum absolute atomic E-state index is 0.148. The average molecular weight is 254 g/mol. The lowest BCUT2D eigenvalue weighted by Gasteiger charge is -2.13. The summed E-state index contributed by atoms with van der Waals surface area (Å²) in [6, 6.07) is 7.95. The van der Waals surface area contributed by atoms with Gasteiger partial charge in [-0.2, -0.15) is 0 Å². The van der Waals surface area contributed by atoms with E-state index < -0.39 is 0 Å². The molecular weight excluding hydrogens is 244 g/mol. The summed E-state index contributed by atoms with van der Waals surface area (Å²) in [5, 5.41) is 9.21. The normalized spacial score (nSPS) is 13.8. The van der Waals surface area contributed by atoms with Gasteiger partial charge in [-0.3, -0.25) is 19.5 Å². The summed E-state index contributed by atoms with van der Waals surface area (Å²) in [4.78, 5) is 29.2. The van der Waals surface area contributed by atoms with Gasteiger partial charge < -0.3 is 5.11 Å². The highest BCUT2D eigenvalue weighted by Crippen LogP contribution is 2.23. The molecular formula is C14H10N2O3. The second kappa shape index (κ2) is 4.20. The number of amides is 2. The number of nitrogens with zero attached hydrogens (tertiary/aromatic N) is 2. The molecule has 0 saturated carbocycles. The number of hydrogen-bond donors (Lipinski definition) is 1. The number of aromatic nitrogens is 1. The summed E-state index contributed by atoms with van der Waals surface area (Å²) in [7, 11) is 0. The molecule has 0 atom stereocenters. The molecule has 94 valence electrons. The number of imide groups is 1. The summed E-state index contributed by atoms with van der Waals surface area (Å²) in [6.45, 7) is 0.187. The number of fused-ring (bicyclic) bond motifs is 1. The predicted octanol–water partition coefficient (Wildman–Crippen LogP) is 1.58. The third-order valence-corrected chi connectivity index (χ3v) is 3.05. The van der Waals surface area contributed by atoms with E-state index in [1.54, 1.807) is 18.2 Å². The molecule has 0 fully saturated rings. The van der Waals surface area contributed by atoms with E-state index in [0.29, 0.717) is 11.1 Å². The van der Waals surface area contributed by atoms with Crippen LogP contribution in [0.3, 0.4) is 0 Å². The van der Waals surface area contributed by atoms with E-state index in [4.69, 9.17) is 0 Å². The standard InChI is InChI=1S/C14H10N2O3/c17-10-3-1-9(2-4-10)8-16-13(18)11-5-6-15-7-12(11)14(16)19/h1-7,17H,8H2. The molecule has 0 radical (unpaired) electrons. The Balaban J connectivity index is 1.90. The number of rotatable bonds is 2. The highest BCUT2D eigenvalue weighted by Gasteiger charge is 2.35. The number of carbonyl (C=O) groups is 2. The van der Waals surface area contributed by atoms with Crippen molar-refractivity contribution in [1.82, 2.24) is 9.88 Å². The number of phenols is 1. The van der Waals surface area contributed by atoms with Crippen molar-refractivity contribution in [3.8, 4) is 5.75 Å². The van der Waals surface area contributed by atoms with Gasteiger partial charge in [0.15, 0.2) is 0 Å². The highest BCUT2D eigenvalue weighted by molar-refractivity contribution is 6.21. The topological polar surface area (TPSA) is 70.5 Å². The second-order valence-corrected chi connectivity index (χ2v) is 4.28. The first-order valence-corrected chi connectivity index (χ1v) is 5.75. The molecule has 0 unspecified atom stereocenters. The zero-order valence-electron chi connectivity index (χ0n) is 9.91. The lowest BCUT2D eigenvalue weighted by molar-refractivity contribution is 0.0642. The van der Waals surface area contributed by atoms with E-state index in [0.717, 1.165) is 5.56 Å². The van der Waals surface area contributed by atoms with E-state index in [2.05, 4.69) is 4.98 Å². The smallest absolute Gasteiger partial charge is 0.263 e. The van der Waals surface area contributed by atoms with Gasteiger partial charge in [0, 0.05) is 12.4 Å². The number of pyridine rings is 1. The van der Waals surface area contributed by atoms with Gasteiger partial charge in [0.1, 0.15) is 5.75 Å². The number of aromatic hydroxyl groups is 1. The molecule has 2 amide bonds. The maximum atomic E-state index is 12.1. The van der Waals surface area contributed by atoms with Gasteiger partial charge in [0.05, 0.1) is 17.7 Å². The van der Waals surface area contributed by atoms with Crippen LogP contribution in [-0.4, -0.2) is 26.8 Å². The third-order valence-electron chi connectivity index (χ3n) is 3.05. The largest absolute Gasteiger partial charge is 0.508 e. The minimum Gasteiger partial charge on any atom is -0.508 e. The fourth-order valence-corrected chi connectivity index (χ4v) is 2.06. The molecule has 1 aliphatic rings. The Morgan fingerprint density at radius 3 is 2.37 bits per heavy atom. The molecule has 0 bridgehead atoms. The van der Waals surface area contributed by atoms with Crippen molar-refractivity contribution >= 4 is 11.8 Å². The minimum atomic E-state index is -0.332. The van der Waals surface area contributed by atoms with Gasteiger partial charge in [-0.15, -0.1) is 0 Å². The molecule has 2 aromatic rings. The molecule has 0 spiro atoms. The Hall–Kier alpha value is -2.69. The summed E-state index contributed by atoms with van der Waals surface area (Å²) < 4.78 is 0. The second-order valence-electron chi connectivity index (χ2n) is 4.28. The maximum absolute atomic E-state index is 12.1. The van der Waals surface area contributed by atoms with E-state index in [-0.39, 0.29) is 24.1 Å². The maximum Gasteiger partial charge on any atom is 0.263 e. The van der Waals surface area contributed by atoms with Crippen LogP contribution in [0, 0.1) is 0 Å². The van der Waals surface area contributed by atoms with E-state index in [1.807, 2.05) is 0 Å². The zero-order valence-corrected chi connectivity index (χ0v) is 9.91. The van der Waals surface area contributed by atoms with Crippen LogP contribution in [0.5, 0.6) is 5.75 Å². The van der Waals surface area contributed by atoms with Crippen molar-refractivity contribution in [2.45, 2.75) is 6.54 Å². The van der Waals surface area contributed by atoms with Gasteiger partial charge in [0.2, 0.25) is 0 Å². The first-order valence-electron chi connectivity index (χ1n) is 5.75. The number of carbonyl (C=O) groups excluding carboxylic acids is 2. The van der Waals surface area contributed by atoms with Crippen molar-refractivity contribution < 1.29 is 14.7 Å². The summed E-state index contributed by atoms with van der Waals surface area (Å²) in [5.74, 6) is -0.494. The Morgan fingerprint density at radius 2 is 1.68 bits per heavy atom. The van der Waals surface area contributed by atoms with Crippen LogP contribution in [-0.2, 0) is 6.54 Å². The van der Waals surface area contributed by atoms with Crippen LogP contribution < -0.4 is 0 Å². The van der Waals surface area contributed by atoms with Crippen molar-refractivity contribution in [1.29, 1.82) is 0 Å². The van der Waals surface area contributed by atoms with Gasteiger partial charge in [-0.1, -0.05) is 12.1 Å². The van der Waals surface area contributed by atoms with Crippen molar-refractivity contribution in [2.75, 3.05) is 0 Å².